The number of aromatic nitrogens is 5. The topological polar surface area (TPSA) is 217 Å². The van der Waals surface area contributed by atoms with E-state index in [1.807, 2.05) is 0 Å². The zero-order valence-corrected chi connectivity index (χ0v) is 24.4. The lowest BCUT2D eigenvalue weighted by Crippen LogP contribution is -2.49. The number of carbonyl (C=O) groups excluding carboxylic acids is 2. The van der Waals surface area contributed by atoms with Crippen molar-refractivity contribution >= 4 is 47.1 Å². The second-order valence-electron chi connectivity index (χ2n) is 10.9. The molecule has 0 saturated heterocycles. The number of oxazole rings is 1. The molecule has 3 heterocycles. The van der Waals surface area contributed by atoms with Crippen LogP contribution in [0.5, 0.6) is 0 Å². The Morgan fingerprint density at radius 3 is 2.36 bits per heavy atom. The minimum Gasteiger partial charge on any atom is -0.477 e. The highest BCUT2D eigenvalue weighted by Crippen LogP contribution is 2.56. The number of aromatic amines is 1. The average Bonchev–Trinajstić information content (AvgIpc) is 3.53. The van der Waals surface area contributed by atoms with Crippen LogP contribution < -0.4 is 22.5 Å². The van der Waals surface area contributed by atoms with Crippen LogP contribution in [0.1, 0.15) is 72.5 Å². The molecule has 0 spiro atoms. The Kier molecular flexibility index (Phi) is 10.1. The van der Waals surface area contributed by atoms with Gasteiger partial charge in [0.1, 0.15) is 5.69 Å². The number of amides is 1. The molecular formula is C28H36ClN7O8. The first kappa shape index (κ1) is 34.0. The monoisotopic (exact) mass is 633 g/mol. The molecule has 4 aromatic rings. The van der Waals surface area contributed by atoms with Crippen LogP contribution in [0.25, 0.3) is 16.9 Å². The lowest BCUT2D eigenvalue weighted by Gasteiger charge is -2.51. The number of hydrogen-bond acceptors (Lipinski definition) is 10. The van der Waals surface area contributed by atoms with Crippen molar-refractivity contribution in [1.82, 2.24) is 29.5 Å². The van der Waals surface area contributed by atoms with Gasteiger partial charge in [0.05, 0.1) is 18.0 Å². The highest BCUT2D eigenvalue weighted by atomic mass is 35.5. The SMILES string of the molecule is C.COC(=O)C12CCC(CN)(CC1)CC2.Cl.Cn1c(=O)oc2ccc(CNC(=O)c3cc(C(=O)O)n4[nH]c(=O)nc4n3)cc21. The maximum atomic E-state index is 12.4. The highest BCUT2D eigenvalue weighted by molar-refractivity contribution is 5.95. The Morgan fingerprint density at radius 1 is 1.11 bits per heavy atom. The van der Waals surface area contributed by atoms with Gasteiger partial charge in [-0.05, 0) is 68.2 Å². The quantitative estimate of drug-likeness (QED) is 0.225. The molecule has 0 radical (unpaired) electrons. The molecule has 15 nitrogen and oxygen atoms in total. The fourth-order valence-corrected chi connectivity index (χ4v) is 5.81. The number of carboxylic acids is 1. The van der Waals surface area contributed by atoms with E-state index in [2.05, 4.69) is 20.4 Å². The number of nitrogens with zero attached hydrogens (tertiary/aromatic N) is 4. The van der Waals surface area contributed by atoms with E-state index in [0.717, 1.165) is 55.7 Å². The molecule has 3 aliphatic carbocycles. The Morgan fingerprint density at radius 2 is 1.77 bits per heavy atom. The summed E-state index contributed by atoms with van der Waals surface area (Å²) in [6.07, 6.45) is 6.28. The van der Waals surface area contributed by atoms with Gasteiger partial charge in [-0.2, -0.15) is 4.98 Å². The van der Waals surface area contributed by atoms with Gasteiger partial charge >= 0.3 is 23.4 Å². The van der Waals surface area contributed by atoms with Crippen molar-refractivity contribution in [3.8, 4) is 0 Å². The van der Waals surface area contributed by atoms with Gasteiger partial charge in [-0.1, -0.05) is 13.5 Å². The molecule has 5 N–H and O–H groups in total. The molecule has 1 amide bonds. The van der Waals surface area contributed by atoms with Crippen molar-refractivity contribution in [2.75, 3.05) is 13.7 Å². The van der Waals surface area contributed by atoms with Gasteiger partial charge in [-0.15, -0.1) is 12.4 Å². The lowest BCUT2D eigenvalue weighted by atomic mass is 9.54. The van der Waals surface area contributed by atoms with E-state index in [4.69, 9.17) is 14.9 Å². The van der Waals surface area contributed by atoms with E-state index in [1.54, 1.807) is 25.2 Å². The minimum atomic E-state index is -1.36. The summed E-state index contributed by atoms with van der Waals surface area (Å²) in [6.45, 7) is 0.876. The van der Waals surface area contributed by atoms with E-state index in [9.17, 15) is 29.1 Å². The fourth-order valence-electron chi connectivity index (χ4n) is 5.81. The standard InChI is InChI=1S/C16H12N6O6.C11H19NO2.CH4.ClH/c1-21-9-4-7(2-3-11(9)28-16(21)27)6-17-12(23)8-5-10(13(24)25)22-14(18-8)19-15(26)20-22;1-14-9(13)11-5-2-10(8-12,3-6-11)4-7-11;;/h2-5H,6H2,1H3,(H,17,23)(H,20,26)(H,24,25);2-8,12H2,1H3;1H4;1H. The Bertz CT molecular complexity index is 1800. The van der Waals surface area contributed by atoms with Gasteiger partial charge in [0, 0.05) is 19.7 Å². The first-order valence-corrected chi connectivity index (χ1v) is 13.4. The molecule has 16 heteroatoms. The maximum Gasteiger partial charge on any atom is 0.419 e. The second-order valence-corrected chi connectivity index (χ2v) is 10.9. The average molecular weight is 634 g/mol. The van der Waals surface area contributed by atoms with Gasteiger partial charge in [-0.3, -0.25) is 14.2 Å². The van der Waals surface area contributed by atoms with Crippen molar-refractivity contribution in [3.63, 3.8) is 0 Å². The van der Waals surface area contributed by atoms with Crippen LogP contribution in [-0.4, -0.2) is 60.8 Å². The van der Waals surface area contributed by atoms with Crippen LogP contribution >= 0.6 is 12.4 Å². The number of carboxylic acid groups (broad SMARTS) is 1. The smallest absolute Gasteiger partial charge is 0.419 e. The number of aryl methyl sites for hydroxylation is 1. The molecule has 0 unspecified atom stereocenters. The van der Waals surface area contributed by atoms with Gasteiger partial charge in [-0.25, -0.2) is 29.0 Å². The molecule has 3 aromatic heterocycles. The van der Waals surface area contributed by atoms with Gasteiger partial charge in [0.15, 0.2) is 11.3 Å². The van der Waals surface area contributed by atoms with Gasteiger partial charge < -0.3 is 25.3 Å². The zero-order valence-electron chi connectivity index (χ0n) is 23.5. The molecule has 3 aliphatic rings. The summed E-state index contributed by atoms with van der Waals surface area (Å²) in [4.78, 5) is 65.8. The number of carbonyl (C=O) groups is 3. The normalized spacial score (nSPS) is 20.2. The molecule has 0 aliphatic heterocycles. The fraction of sp³-hybridized carbons (Fsp3) is 0.464. The summed E-state index contributed by atoms with van der Waals surface area (Å²) in [5.74, 6) is -2.74. The number of benzene rings is 1. The first-order valence-electron chi connectivity index (χ1n) is 13.4. The summed E-state index contributed by atoms with van der Waals surface area (Å²) >= 11 is 0. The van der Waals surface area contributed by atoms with Gasteiger partial charge in [0.2, 0.25) is 0 Å². The Hall–Kier alpha value is -4.50. The molecule has 1 aromatic carbocycles. The van der Waals surface area contributed by atoms with Crippen LogP contribution in [0, 0.1) is 10.8 Å². The molecule has 2 bridgehead atoms. The van der Waals surface area contributed by atoms with E-state index in [0.29, 0.717) is 22.1 Å². The highest BCUT2D eigenvalue weighted by Gasteiger charge is 2.52. The number of esters is 1. The molecule has 0 atom stereocenters. The van der Waals surface area contributed by atoms with Crippen molar-refractivity contribution in [2.24, 2.45) is 23.6 Å². The zero-order chi connectivity index (χ0) is 30.2. The van der Waals surface area contributed by atoms with Gasteiger partial charge in [0.25, 0.3) is 11.7 Å². The van der Waals surface area contributed by atoms with Crippen LogP contribution in [0.3, 0.4) is 0 Å². The van der Waals surface area contributed by atoms with E-state index < -0.39 is 23.3 Å². The molecule has 3 saturated carbocycles. The Labute approximate surface area is 257 Å². The number of methoxy groups -OCH3 is 1. The predicted molar refractivity (Wildman–Crippen MR) is 161 cm³/mol. The number of fused-ring (bicyclic) bond motifs is 5. The second kappa shape index (κ2) is 13.0. The minimum absolute atomic E-state index is 0. The van der Waals surface area contributed by atoms with Crippen LogP contribution in [0.4, 0.5) is 0 Å². The maximum absolute atomic E-state index is 12.4. The van der Waals surface area contributed by atoms with Crippen LogP contribution in [0.2, 0.25) is 0 Å². The first-order chi connectivity index (χ1) is 20.0. The van der Waals surface area contributed by atoms with Crippen molar-refractivity contribution in [2.45, 2.75) is 52.5 Å². The third kappa shape index (κ3) is 6.24. The largest absolute Gasteiger partial charge is 0.477 e. The molecule has 7 rings (SSSR count). The number of rotatable bonds is 6. The third-order valence-electron chi connectivity index (χ3n) is 8.56. The summed E-state index contributed by atoms with van der Waals surface area (Å²) in [7, 11) is 3.06. The number of nitrogens with one attached hydrogen (secondary N) is 2. The number of hydrogen-bond donors (Lipinski definition) is 4. The summed E-state index contributed by atoms with van der Waals surface area (Å²) in [6, 6.07) is 6.01. The van der Waals surface area contributed by atoms with Crippen molar-refractivity contribution in [1.29, 1.82) is 0 Å². The number of halogens is 1. The summed E-state index contributed by atoms with van der Waals surface area (Å²) in [5, 5.41) is 14.1. The molecule has 44 heavy (non-hydrogen) atoms. The van der Waals surface area contributed by atoms with E-state index >= 15 is 0 Å². The van der Waals surface area contributed by atoms with Crippen LogP contribution in [-0.2, 0) is 23.1 Å². The lowest BCUT2D eigenvalue weighted by molar-refractivity contribution is -0.162. The number of H-pyrrole nitrogens is 1. The molecule has 3 fully saturated rings. The van der Waals surface area contributed by atoms with Crippen molar-refractivity contribution < 1.29 is 28.6 Å². The number of aromatic carboxylic acids is 1. The van der Waals surface area contributed by atoms with E-state index in [-0.39, 0.29) is 54.9 Å². The Balaban J connectivity index is 0.000000280. The summed E-state index contributed by atoms with van der Waals surface area (Å²) < 4.78 is 12.2. The molecular weight excluding hydrogens is 598 g/mol. The molecule has 238 valence electrons. The third-order valence-corrected chi connectivity index (χ3v) is 8.56. The van der Waals surface area contributed by atoms with E-state index in [1.165, 1.54) is 11.7 Å². The predicted octanol–water partition coefficient (Wildman–Crippen LogP) is 2.01. The number of nitrogens with two attached hydrogens (primary N) is 1. The van der Waals surface area contributed by atoms with Crippen molar-refractivity contribution in [3.05, 3.63) is 62.3 Å². The number of ether oxygens (including phenoxy) is 1. The van der Waals surface area contributed by atoms with Crippen LogP contribution in [0.15, 0.2) is 38.3 Å². The summed E-state index contributed by atoms with van der Waals surface area (Å²) in [5.41, 5.74) is 6.34.